The summed E-state index contributed by atoms with van der Waals surface area (Å²) < 4.78 is 0. The lowest BCUT2D eigenvalue weighted by Crippen LogP contribution is -2.08. The second kappa shape index (κ2) is 5.39. The third-order valence-corrected chi connectivity index (χ3v) is 2.39. The fourth-order valence-electron chi connectivity index (χ4n) is 1.34. The molecule has 1 N–H and O–H groups in total. The second-order valence-corrected chi connectivity index (χ2v) is 3.94. The topological polar surface area (TPSA) is 23.5 Å². The van der Waals surface area contributed by atoms with Gasteiger partial charge in [0.1, 0.15) is 6.10 Å². The zero-order valence-electron chi connectivity index (χ0n) is 9.94. The molecular weight excluding hydrogens is 198 g/mol. The maximum absolute atomic E-state index is 9.42. The first-order valence-electron chi connectivity index (χ1n) is 5.14. The summed E-state index contributed by atoms with van der Waals surface area (Å²) in [5, 5.41) is 9.42. The zero-order valence-corrected chi connectivity index (χ0v) is 9.94. The Hall–Kier alpha value is -1.72. The summed E-state index contributed by atoms with van der Waals surface area (Å²) in [5.41, 5.74) is 2.96. The highest BCUT2D eigenvalue weighted by atomic mass is 16.3. The van der Waals surface area contributed by atoms with E-state index in [1.807, 2.05) is 56.3 Å². The molecule has 84 valence electrons. The van der Waals surface area contributed by atoms with E-state index in [0.29, 0.717) is 0 Å². The van der Waals surface area contributed by atoms with Crippen LogP contribution < -0.4 is 4.90 Å². The number of hydrogen-bond donors (Lipinski definition) is 1. The van der Waals surface area contributed by atoms with E-state index in [-0.39, 0.29) is 0 Å². The lowest BCUT2D eigenvalue weighted by atomic mass is 10.1. The smallest absolute Gasteiger partial charge is 0.136 e. The van der Waals surface area contributed by atoms with Crippen molar-refractivity contribution in [3.63, 3.8) is 0 Å². The van der Waals surface area contributed by atoms with Gasteiger partial charge in [0.2, 0.25) is 0 Å². The van der Waals surface area contributed by atoms with Crippen LogP contribution in [-0.2, 0) is 0 Å². The molecule has 0 amide bonds. The van der Waals surface area contributed by atoms with Crippen LogP contribution >= 0.6 is 0 Å². The summed E-state index contributed by atoms with van der Waals surface area (Å²) in [6.07, 6.45) is 6.24. The van der Waals surface area contributed by atoms with Gasteiger partial charge in [-0.25, -0.2) is 0 Å². The second-order valence-electron chi connectivity index (χ2n) is 3.94. The first kappa shape index (κ1) is 12.4. The van der Waals surface area contributed by atoms with Crippen LogP contribution in [0.25, 0.3) is 6.08 Å². The van der Waals surface area contributed by atoms with Crippen molar-refractivity contribution in [2.75, 3.05) is 19.0 Å². The van der Waals surface area contributed by atoms with E-state index in [2.05, 4.69) is 5.92 Å². The van der Waals surface area contributed by atoms with Crippen LogP contribution in [0.4, 0.5) is 5.69 Å². The van der Waals surface area contributed by atoms with Gasteiger partial charge < -0.3 is 10.0 Å². The summed E-state index contributed by atoms with van der Waals surface area (Å²) >= 11 is 0. The van der Waals surface area contributed by atoms with Gasteiger partial charge in [0.25, 0.3) is 0 Å². The van der Waals surface area contributed by atoms with Gasteiger partial charge in [-0.1, -0.05) is 24.1 Å². The van der Waals surface area contributed by atoms with Crippen molar-refractivity contribution in [1.29, 1.82) is 0 Å². The van der Waals surface area contributed by atoms with Gasteiger partial charge in [0.05, 0.1) is 0 Å². The Balaban J connectivity index is 2.88. The Morgan fingerprint density at radius 3 is 2.38 bits per heavy atom. The van der Waals surface area contributed by atoms with E-state index in [4.69, 9.17) is 6.42 Å². The maximum atomic E-state index is 9.42. The van der Waals surface area contributed by atoms with E-state index in [0.717, 1.165) is 16.8 Å². The number of aliphatic hydroxyl groups excluding tert-OH is 1. The van der Waals surface area contributed by atoms with Crippen molar-refractivity contribution < 1.29 is 5.11 Å². The van der Waals surface area contributed by atoms with Crippen molar-refractivity contribution in [2.45, 2.75) is 13.0 Å². The first-order valence-corrected chi connectivity index (χ1v) is 5.14. The third-order valence-electron chi connectivity index (χ3n) is 2.39. The minimum absolute atomic E-state index is 0.778. The molecule has 0 aliphatic rings. The average Bonchev–Trinajstić information content (AvgIpc) is 2.28. The highest BCUT2D eigenvalue weighted by Gasteiger charge is 2.01. The molecule has 0 heterocycles. The minimum Gasteiger partial charge on any atom is -0.378 e. The van der Waals surface area contributed by atoms with Gasteiger partial charge in [0, 0.05) is 19.8 Å². The first-order chi connectivity index (χ1) is 7.54. The van der Waals surface area contributed by atoms with E-state index in [1.54, 1.807) is 0 Å². The van der Waals surface area contributed by atoms with Crippen molar-refractivity contribution >= 4 is 11.8 Å². The quantitative estimate of drug-likeness (QED) is 0.781. The molecule has 0 bridgehead atoms. The number of hydrogen-bond acceptors (Lipinski definition) is 2. The SMILES string of the molecule is C#CC(O)C(C)=Cc1ccc(N(C)C)cc1. The molecule has 0 aromatic heterocycles. The van der Waals surface area contributed by atoms with Gasteiger partial charge in [-0.05, 0) is 30.2 Å². The van der Waals surface area contributed by atoms with Crippen LogP contribution in [0.5, 0.6) is 0 Å². The molecule has 1 atom stereocenters. The molecule has 1 aromatic rings. The number of benzene rings is 1. The largest absolute Gasteiger partial charge is 0.378 e. The number of nitrogens with zero attached hydrogens (tertiary/aromatic N) is 1. The van der Waals surface area contributed by atoms with Crippen LogP contribution in [0, 0.1) is 12.3 Å². The Bertz CT molecular complexity index is 409. The minimum atomic E-state index is -0.798. The number of terminal acetylenes is 1. The molecule has 0 aliphatic carbocycles. The van der Waals surface area contributed by atoms with Gasteiger partial charge in [-0.15, -0.1) is 6.42 Å². The van der Waals surface area contributed by atoms with Crippen LogP contribution in [-0.4, -0.2) is 25.3 Å². The zero-order chi connectivity index (χ0) is 12.1. The van der Waals surface area contributed by atoms with Crippen LogP contribution in [0.3, 0.4) is 0 Å². The van der Waals surface area contributed by atoms with Gasteiger partial charge in [-0.2, -0.15) is 0 Å². The predicted octanol–water partition coefficient (Wildman–Crippen LogP) is 2.15. The molecule has 2 nitrogen and oxygen atoms in total. The standard InChI is InChI=1S/C14H17NO/c1-5-14(16)11(2)10-12-6-8-13(9-7-12)15(3)4/h1,6-10,14,16H,2-4H3. The lowest BCUT2D eigenvalue weighted by molar-refractivity contribution is 0.269. The summed E-state index contributed by atoms with van der Waals surface area (Å²) in [5.74, 6) is 2.29. The van der Waals surface area contributed by atoms with Gasteiger partial charge >= 0.3 is 0 Å². The van der Waals surface area contributed by atoms with Crippen molar-refractivity contribution in [3.8, 4) is 12.3 Å². The van der Waals surface area contributed by atoms with E-state index < -0.39 is 6.10 Å². The highest BCUT2D eigenvalue weighted by molar-refractivity contribution is 5.58. The maximum Gasteiger partial charge on any atom is 0.136 e. The van der Waals surface area contributed by atoms with E-state index >= 15 is 0 Å². The monoisotopic (exact) mass is 215 g/mol. The molecule has 1 unspecified atom stereocenters. The molecule has 1 aromatic carbocycles. The van der Waals surface area contributed by atoms with Crippen molar-refractivity contribution in [2.24, 2.45) is 0 Å². The van der Waals surface area contributed by atoms with E-state index in [1.165, 1.54) is 0 Å². The molecule has 16 heavy (non-hydrogen) atoms. The molecule has 0 fully saturated rings. The normalized spacial score (nSPS) is 13.1. The summed E-state index contributed by atoms with van der Waals surface area (Å²) in [6, 6.07) is 8.06. The Morgan fingerprint density at radius 1 is 1.38 bits per heavy atom. The van der Waals surface area contributed by atoms with Crippen LogP contribution in [0.2, 0.25) is 0 Å². The Labute approximate surface area is 97.2 Å². The van der Waals surface area contributed by atoms with E-state index in [9.17, 15) is 5.11 Å². The van der Waals surface area contributed by atoms with Gasteiger partial charge in [0.15, 0.2) is 0 Å². The number of aliphatic hydroxyl groups is 1. The van der Waals surface area contributed by atoms with Crippen molar-refractivity contribution in [1.82, 2.24) is 0 Å². The molecule has 2 heteroatoms. The average molecular weight is 215 g/mol. The third kappa shape index (κ3) is 3.15. The molecule has 0 spiro atoms. The Kier molecular flexibility index (Phi) is 4.16. The van der Waals surface area contributed by atoms with Crippen LogP contribution in [0.1, 0.15) is 12.5 Å². The fourth-order valence-corrected chi connectivity index (χ4v) is 1.34. The molecule has 0 saturated heterocycles. The van der Waals surface area contributed by atoms with Crippen molar-refractivity contribution in [3.05, 3.63) is 35.4 Å². The summed E-state index contributed by atoms with van der Waals surface area (Å²) in [6.45, 7) is 1.82. The highest BCUT2D eigenvalue weighted by Crippen LogP contribution is 2.15. The molecule has 1 rings (SSSR count). The number of anilines is 1. The molecule has 0 radical (unpaired) electrons. The fraction of sp³-hybridized carbons (Fsp3) is 0.286. The Morgan fingerprint density at radius 2 is 1.94 bits per heavy atom. The molecular formula is C14H17NO. The molecule has 0 saturated carbocycles. The van der Waals surface area contributed by atoms with Crippen LogP contribution in [0.15, 0.2) is 29.8 Å². The summed E-state index contributed by atoms with van der Waals surface area (Å²) in [7, 11) is 4.00. The predicted molar refractivity (Wildman–Crippen MR) is 69.3 cm³/mol. The van der Waals surface area contributed by atoms with Gasteiger partial charge in [-0.3, -0.25) is 0 Å². The summed E-state index contributed by atoms with van der Waals surface area (Å²) in [4.78, 5) is 2.04. The lowest BCUT2D eigenvalue weighted by Gasteiger charge is -2.12. The molecule has 0 aliphatic heterocycles. The number of rotatable bonds is 3.